The minimum atomic E-state index is 0.985. The van der Waals surface area contributed by atoms with Gasteiger partial charge in [0.15, 0.2) is 5.82 Å². The van der Waals surface area contributed by atoms with Crippen molar-refractivity contribution in [2.75, 3.05) is 37.6 Å². The van der Waals surface area contributed by atoms with Gasteiger partial charge in [-0.25, -0.2) is 9.97 Å². The summed E-state index contributed by atoms with van der Waals surface area (Å²) in [5, 5.41) is 0. The van der Waals surface area contributed by atoms with E-state index in [0.717, 1.165) is 48.9 Å². The molecule has 106 valence electrons. The maximum Gasteiger partial charge on any atom is 0.156 e. The number of rotatable bonds is 3. The van der Waals surface area contributed by atoms with Crippen LogP contribution in [0.25, 0.3) is 11.0 Å². The molecule has 2 aromatic heterocycles. The quantitative estimate of drug-likeness (QED) is 0.848. The highest BCUT2D eigenvalue weighted by Crippen LogP contribution is 2.30. The monoisotopic (exact) mass is 271 g/mol. The predicted molar refractivity (Wildman–Crippen MR) is 79.9 cm³/mol. The van der Waals surface area contributed by atoms with Crippen molar-refractivity contribution in [2.45, 2.75) is 12.8 Å². The van der Waals surface area contributed by atoms with E-state index in [0.29, 0.717) is 0 Å². The summed E-state index contributed by atoms with van der Waals surface area (Å²) in [5.74, 6) is 2.04. The van der Waals surface area contributed by atoms with E-state index in [1.54, 1.807) is 0 Å². The molecule has 0 aromatic carbocycles. The molecule has 5 nitrogen and oxygen atoms in total. The van der Waals surface area contributed by atoms with Gasteiger partial charge in [0.1, 0.15) is 5.52 Å². The highest BCUT2D eigenvalue weighted by molar-refractivity contribution is 5.86. The fraction of sp³-hybridized carbons (Fsp3) is 0.600. The maximum atomic E-state index is 4.57. The van der Waals surface area contributed by atoms with Gasteiger partial charge in [0.05, 0.1) is 11.8 Å². The molecule has 0 amide bonds. The minimum absolute atomic E-state index is 0.985. The van der Waals surface area contributed by atoms with Crippen molar-refractivity contribution in [1.29, 1.82) is 0 Å². The first-order valence-electron chi connectivity index (χ1n) is 7.54. The van der Waals surface area contributed by atoms with E-state index in [1.165, 1.54) is 19.4 Å². The van der Waals surface area contributed by atoms with Gasteiger partial charge in [-0.3, -0.25) is 4.90 Å². The van der Waals surface area contributed by atoms with Crippen LogP contribution < -0.4 is 4.90 Å². The summed E-state index contributed by atoms with van der Waals surface area (Å²) in [4.78, 5) is 14.1. The molecule has 0 unspecified atom stereocenters. The lowest BCUT2D eigenvalue weighted by atomic mass is 10.2. The van der Waals surface area contributed by atoms with Gasteiger partial charge in [0.25, 0.3) is 0 Å². The Kier molecular flexibility index (Phi) is 2.88. The first kappa shape index (κ1) is 12.1. The molecule has 2 aromatic rings. The molecule has 1 aliphatic carbocycles. The summed E-state index contributed by atoms with van der Waals surface area (Å²) in [6, 6.07) is 2.04. The second-order valence-electron chi connectivity index (χ2n) is 6.09. The summed E-state index contributed by atoms with van der Waals surface area (Å²) in [7, 11) is 2.03. The SMILES string of the molecule is Cn1cnc2c(N3CCN(CC4CC4)CC3)nccc21. The fourth-order valence-electron chi connectivity index (χ4n) is 3.09. The second kappa shape index (κ2) is 4.74. The van der Waals surface area contributed by atoms with Crippen LogP contribution in [-0.4, -0.2) is 52.2 Å². The van der Waals surface area contributed by atoms with Crippen LogP contribution in [0.3, 0.4) is 0 Å². The Morgan fingerprint density at radius 2 is 1.95 bits per heavy atom. The lowest BCUT2D eigenvalue weighted by molar-refractivity contribution is 0.248. The molecule has 2 aliphatic rings. The molecule has 1 aliphatic heterocycles. The van der Waals surface area contributed by atoms with Crippen LogP contribution in [0.15, 0.2) is 18.6 Å². The molecule has 0 spiro atoms. The lowest BCUT2D eigenvalue weighted by Crippen LogP contribution is -2.47. The zero-order chi connectivity index (χ0) is 13.5. The molecular formula is C15H21N5. The number of piperazine rings is 1. The number of imidazole rings is 1. The summed E-state index contributed by atoms with van der Waals surface area (Å²) in [5.41, 5.74) is 2.20. The molecular weight excluding hydrogens is 250 g/mol. The number of fused-ring (bicyclic) bond motifs is 1. The second-order valence-corrected chi connectivity index (χ2v) is 6.09. The van der Waals surface area contributed by atoms with Gasteiger partial charge in [0.2, 0.25) is 0 Å². The number of hydrogen-bond acceptors (Lipinski definition) is 4. The lowest BCUT2D eigenvalue weighted by Gasteiger charge is -2.35. The van der Waals surface area contributed by atoms with Gasteiger partial charge in [-0.05, 0) is 24.8 Å². The molecule has 4 rings (SSSR count). The highest BCUT2D eigenvalue weighted by atomic mass is 15.3. The summed E-state index contributed by atoms with van der Waals surface area (Å²) in [6.07, 6.45) is 6.65. The molecule has 2 fully saturated rings. The molecule has 5 heteroatoms. The third-order valence-corrected chi connectivity index (χ3v) is 4.51. The molecule has 0 bridgehead atoms. The number of pyridine rings is 1. The van der Waals surface area contributed by atoms with Crippen LogP contribution in [0, 0.1) is 5.92 Å². The maximum absolute atomic E-state index is 4.57. The largest absolute Gasteiger partial charge is 0.352 e. The van der Waals surface area contributed by atoms with Crippen LogP contribution in [-0.2, 0) is 7.05 Å². The third kappa shape index (κ3) is 2.16. The first-order chi connectivity index (χ1) is 9.81. The van der Waals surface area contributed by atoms with Crippen molar-refractivity contribution in [1.82, 2.24) is 19.4 Å². The van der Waals surface area contributed by atoms with Gasteiger partial charge in [0, 0.05) is 46.0 Å². The van der Waals surface area contributed by atoms with Gasteiger partial charge >= 0.3 is 0 Å². The van der Waals surface area contributed by atoms with Gasteiger partial charge in [-0.1, -0.05) is 0 Å². The normalized spacial score (nSPS) is 20.8. The zero-order valence-electron chi connectivity index (χ0n) is 12.0. The van der Waals surface area contributed by atoms with Crippen LogP contribution in [0.5, 0.6) is 0 Å². The number of hydrogen-bond donors (Lipinski definition) is 0. The van der Waals surface area contributed by atoms with Crippen LogP contribution in [0.2, 0.25) is 0 Å². The number of anilines is 1. The van der Waals surface area contributed by atoms with Crippen molar-refractivity contribution in [3.63, 3.8) is 0 Å². The Balaban J connectivity index is 1.52. The standard InChI is InChI=1S/C15H21N5/c1-18-11-17-14-13(18)4-5-16-15(14)20-8-6-19(7-9-20)10-12-2-3-12/h4-5,11-12H,2-3,6-10H2,1H3. The van der Waals surface area contributed by atoms with Crippen LogP contribution >= 0.6 is 0 Å². The Labute approximate surface area is 119 Å². The molecule has 1 saturated carbocycles. The number of aryl methyl sites for hydroxylation is 1. The first-order valence-corrected chi connectivity index (χ1v) is 7.54. The number of aromatic nitrogens is 3. The Morgan fingerprint density at radius 1 is 1.15 bits per heavy atom. The van der Waals surface area contributed by atoms with Gasteiger partial charge < -0.3 is 9.47 Å². The predicted octanol–water partition coefficient (Wildman–Crippen LogP) is 1.50. The Morgan fingerprint density at radius 3 is 2.70 bits per heavy atom. The molecule has 0 atom stereocenters. The van der Waals surface area contributed by atoms with Crippen molar-refractivity contribution in [2.24, 2.45) is 13.0 Å². The van der Waals surface area contributed by atoms with E-state index in [9.17, 15) is 0 Å². The molecule has 3 heterocycles. The average molecular weight is 271 g/mol. The number of nitrogens with zero attached hydrogens (tertiary/aromatic N) is 5. The van der Waals surface area contributed by atoms with Crippen molar-refractivity contribution >= 4 is 16.9 Å². The van der Waals surface area contributed by atoms with E-state index in [-0.39, 0.29) is 0 Å². The van der Waals surface area contributed by atoms with E-state index in [4.69, 9.17) is 0 Å². The van der Waals surface area contributed by atoms with Crippen molar-refractivity contribution in [3.05, 3.63) is 18.6 Å². The van der Waals surface area contributed by atoms with Gasteiger partial charge in [-0.2, -0.15) is 0 Å². The molecule has 1 saturated heterocycles. The fourth-order valence-corrected chi connectivity index (χ4v) is 3.09. The Hall–Kier alpha value is -1.62. The van der Waals surface area contributed by atoms with Gasteiger partial charge in [-0.15, -0.1) is 0 Å². The highest BCUT2D eigenvalue weighted by Gasteiger charge is 2.27. The topological polar surface area (TPSA) is 37.2 Å². The smallest absolute Gasteiger partial charge is 0.156 e. The van der Waals surface area contributed by atoms with Crippen LogP contribution in [0.1, 0.15) is 12.8 Å². The van der Waals surface area contributed by atoms with Crippen molar-refractivity contribution in [3.8, 4) is 0 Å². The Bertz CT molecular complexity index is 608. The van der Waals surface area contributed by atoms with Crippen LogP contribution in [0.4, 0.5) is 5.82 Å². The summed E-state index contributed by atoms with van der Waals surface area (Å²) < 4.78 is 2.06. The van der Waals surface area contributed by atoms with E-state index < -0.39 is 0 Å². The summed E-state index contributed by atoms with van der Waals surface area (Å²) >= 11 is 0. The van der Waals surface area contributed by atoms with E-state index in [1.807, 2.05) is 25.6 Å². The zero-order valence-corrected chi connectivity index (χ0v) is 12.0. The summed E-state index contributed by atoms with van der Waals surface area (Å²) in [6.45, 7) is 5.74. The minimum Gasteiger partial charge on any atom is -0.352 e. The van der Waals surface area contributed by atoms with E-state index in [2.05, 4.69) is 24.3 Å². The third-order valence-electron chi connectivity index (χ3n) is 4.51. The molecule has 20 heavy (non-hydrogen) atoms. The molecule has 0 N–H and O–H groups in total. The molecule has 0 radical (unpaired) electrons. The van der Waals surface area contributed by atoms with Crippen molar-refractivity contribution < 1.29 is 0 Å². The average Bonchev–Trinajstić information content (AvgIpc) is 3.22. The van der Waals surface area contributed by atoms with E-state index >= 15 is 0 Å².